The third kappa shape index (κ3) is 4.56. The number of pyridine rings is 1. The normalized spacial score (nSPS) is 14.1. The highest BCUT2D eigenvalue weighted by Crippen LogP contribution is 2.26. The van der Waals surface area contributed by atoms with Crippen LogP contribution in [0.1, 0.15) is 17.7 Å². The largest absolute Gasteiger partial charge is 0.370 e. The zero-order chi connectivity index (χ0) is 17.5. The van der Waals surface area contributed by atoms with Gasteiger partial charge in [0, 0.05) is 37.1 Å². The van der Waals surface area contributed by atoms with Gasteiger partial charge in [-0.15, -0.1) is 0 Å². The quantitative estimate of drug-likeness (QED) is 0.640. The number of aromatic nitrogens is 1. The molecular weight excluding hydrogens is 314 g/mol. The average molecular weight is 337 g/mol. The molecule has 2 heterocycles. The monoisotopic (exact) mass is 337 g/mol. The second-order valence-corrected chi connectivity index (χ2v) is 5.98. The minimum atomic E-state index is -0.0263. The molecule has 0 bridgehead atoms. The topological polar surface area (TPSA) is 83.6 Å². The van der Waals surface area contributed by atoms with Gasteiger partial charge in [-0.3, -0.25) is 9.78 Å². The Morgan fingerprint density at radius 1 is 1.24 bits per heavy atom. The molecule has 0 atom stereocenters. The number of amides is 1. The van der Waals surface area contributed by atoms with E-state index in [1.54, 1.807) is 6.20 Å². The van der Waals surface area contributed by atoms with Crippen LogP contribution in [0.5, 0.6) is 0 Å². The van der Waals surface area contributed by atoms with E-state index in [1.807, 2.05) is 41.3 Å². The SMILES string of the molecule is NC(=NCC(=O)N1CCCc2ccccc21)NCCc1ccccn1. The number of fused-ring (bicyclic) bond motifs is 1. The molecule has 0 saturated carbocycles. The van der Waals surface area contributed by atoms with Gasteiger partial charge in [-0.2, -0.15) is 0 Å². The Bertz CT molecular complexity index is 744. The van der Waals surface area contributed by atoms with Crippen LogP contribution >= 0.6 is 0 Å². The molecule has 1 amide bonds. The first kappa shape index (κ1) is 17.0. The minimum absolute atomic E-state index is 0.0263. The molecule has 2 aromatic rings. The van der Waals surface area contributed by atoms with Gasteiger partial charge in [0.2, 0.25) is 5.91 Å². The van der Waals surface area contributed by atoms with Crippen LogP contribution in [0.4, 0.5) is 5.69 Å². The summed E-state index contributed by atoms with van der Waals surface area (Å²) in [6.45, 7) is 1.42. The summed E-state index contributed by atoms with van der Waals surface area (Å²) in [6, 6.07) is 13.8. The van der Waals surface area contributed by atoms with Gasteiger partial charge in [0.15, 0.2) is 5.96 Å². The highest BCUT2D eigenvalue weighted by atomic mass is 16.2. The van der Waals surface area contributed by atoms with Gasteiger partial charge in [0.05, 0.1) is 0 Å². The van der Waals surface area contributed by atoms with E-state index in [1.165, 1.54) is 5.56 Å². The van der Waals surface area contributed by atoms with Gasteiger partial charge in [0.1, 0.15) is 6.54 Å². The Labute approximate surface area is 147 Å². The van der Waals surface area contributed by atoms with Crippen LogP contribution in [0.15, 0.2) is 53.7 Å². The maximum absolute atomic E-state index is 12.5. The first-order chi connectivity index (χ1) is 12.2. The van der Waals surface area contributed by atoms with Crippen molar-refractivity contribution < 1.29 is 4.79 Å². The number of nitrogens with one attached hydrogen (secondary N) is 1. The summed E-state index contributed by atoms with van der Waals surface area (Å²) in [4.78, 5) is 22.7. The fraction of sp³-hybridized carbons (Fsp3) is 0.316. The van der Waals surface area contributed by atoms with E-state index in [0.29, 0.717) is 6.54 Å². The summed E-state index contributed by atoms with van der Waals surface area (Å²) in [5.41, 5.74) is 9.06. The van der Waals surface area contributed by atoms with Crippen molar-refractivity contribution in [1.29, 1.82) is 0 Å². The maximum atomic E-state index is 12.5. The highest BCUT2D eigenvalue weighted by Gasteiger charge is 2.21. The van der Waals surface area contributed by atoms with Crippen molar-refractivity contribution in [3.8, 4) is 0 Å². The second-order valence-electron chi connectivity index (χ2n) is 5.98. The Kier molecular flexibility index (Phi) is 5.61. The number of aliphatic imine (C=N–C) groups is 1. The van der Waals surface area contributed by atoms with E-state index < -0.39 is 0 Å². The lowest BCUT2D eigenvalue weighted by atomic mass is 10.0. The van der Waals surface area contributed by atoms with Crippen molar-refractivity contribution in [2.24, 2.45) is 10.7 Å². The Morgan fingerprint density at radius 3 is 2.92 bits per heavy atom. The number of hydrogen-bond donors (Lipinski definition) is 2. The fourth-order valence-electron chi connectivity index (χ4n) is 2.95. The summed E-state index contributed by atoms with van der Waals surface area (Å²) in [5.74, 6) is 0.260. The third-order valence-electron chi connectivity index (χ3n) is 4.21. The van der Waals surface area contributed by atoms with E-state index in [2.05, 4.69) is 21.4 Å². The lowest BCUT2D eigenvalue weighted by Gasteiger charge is -2.29. The molecule has 1 aromatic carbocycles. The maximum Gasteiger partial charge on any atom is 0.248 e. The molecule has 130 valence electrons. The smallest absolute Gasteiger partial charge is 0.248 e. The van der Waals surface area contributed by atoms with Crippen LogP contribution < -0.4 is 16.0 Å². The summed E-state index contributed by atoms with van der Waals surface area (Å²) >= 11 is 0. The lowest BCUT2D eigenvalue weighted by molar-refractivity contribution is -0.117. The first-order valence-corrected chi connectivity index (χ1v) is 8.56. The van der Waals surface area contributed by atoms with Gasteiger partial charge in [-0.05, 0) is 36.6 Å². The third-order valence-corrected chi connectivity index (χ3v) is 4.21. The number of benzene rings is 1. The standard InChI is InChI=1S/C19H23N5O/c20-19(22-12-10-16-8-3-4-11-21-16)23-14-18(25)24-13-5-7-15-6-1-2-9-17(15)24/h1-4,6,8-9,11H,5,7,10,12-14H2,(H3,20,22,23). The molecule has 0 aliphatic carbocycles. The molecule has 25 heavy (non-hydrogen) atoms. The number of para-hydroxylation sites is 1. The van der Waals surface area contributed by atoms with E-state index in [9.17, 15) is 4.79 Å². The number of hydrogen-bond acceptors (Lipinski definition) is 3. The Balaban J connectivity index is 1.50. The van der Waals surface area contributed by atoms with E-state index in [-0.39, 0.29) is 18.4 Å². The molecule has 0 radical (unpaired) electrons. The van der Waals surface area contributed by atoms with Gasteiger partial charge < -0.3 is 16.0 Å². The van der Waals surface area contributed by atoms with Crippen molar-refractivity contribution in [1.82, 2.24) is 10.3 Å². The van der Waals surface area contributed by atoms with Crippen LogP contribution in [0, 0.1) is 0 Å². The van der Waals surface area contributed by atoms with Crippen LogP contribution in [-0.2, 0) is 17.6 Å². The number of nitrogens with zero attached hydrogens (tertiary/aromatic N) is 3. The molecule has 3 N–H and O–H groups in total. The number of carbonyl (C=O) groups excluding carboxylic acids is 1. The zero-order valence-corrected chi connectivity index (χ0v) is 14.2. The second kappa shape index (κ2) is 8.28. The molecular formula is C19H23N5O. The van der Waals surface area contributed by atoms with Crippen molar-refractivity contribution in [3.05, 3.63) is 59.9 Å². The summed E-state index contributed by atoms with van der Waals surface area (Å²) in [6.07, 6.45) is 4.51. The number of guanidine groups is 1. The van der Waals surface area contributed by atoms with Gasteiger partial charge in [0.25, 0.3) is 0 Å². The van der Waals surface area contributed by atoms with E-state index in [4.69, 9.17) is 5.73 Å². The van der Waals surface area contributed by atoms with Crippen LogP contribution in [-0.4, -0.2) is 36.5 Å². The van der Waals surface area contributed by atoms with Crippen LogP contribution in [0.2, 0.25) is 0 Å². The van der Waals surface area contributed by atoms with Gasteiger partial charge in [-0.25, -0.2) is 4.99 Å². The molecule has 0 saturated heterocycles. The van der Waals surface area contributed by atoms with Crippen molar-refractivity contribution in [3.63, 3.8) is 0 Å². The number of nitrogens with two attached hydrogens (primary N) is 1. The predicted molar refractivity (Wildman–Crippen MR) is 99.5 cm³/mol. The fourth-order valence-corrected chi connectivity index (χ4v) is 2.95. The molecule has 0 spiro atoms. The molecule has 6 nitrogen and oxygen atoms in total. The molecule has 1 aliphatic heterocycles. The molecule has 0 unspecified atom stereocenters. The van der Waals surface area contributed by atoms with E-state index in [0.717, 1.165) is 37.2 Å². The average Bonchev–Trinajstić information content (AvgIpc) is 2.66. The van der Waals surface area contributed by atoms with Gasteiger partial charge in [-0.1, -0.05) is 24.3 Å². The van der Waals surface area contributed by atoms with Gasteiger partial charge >= 0.3 is 0 Å². The first-order valence-electron chi connectivity index (χ1n) is 8.56. The zero-order valence-electron chi connectivity index (χ0n) is 14.2. The molecule has 0 fully saturated rings. The molecule has 3 rings (SSSR count). The van der Waals surface area contributed by atoms with Crippen molar-refractivity contribution >= 4 is 17.6 Å². The van der Waals surface area contributed by atoms with Crippen LogP contribution in [0.3, 0.4) is 0 Å². The number of carbonyl (C=O) groups is 1. The number of aryl methyl sites for hydroxylation is 1. The summed E-state index contributed by atoms with van der Waals surface area (Å²) < 4.78 is 0. The number of anilines is 1. The summed E-state index contributed by atoms with van der Waals surface area (Å²) in [5, 5.41) is 3.03. The molecule has 6 heteroatoms. The van der Waals surface area contributed by atoms with E-state index >= 15 is 0 Å². The van der Waals surface area contributed by atoms with Crippen molar-refractivity contribution in [2.45, 2.75) is 19.3 Å². The number of rotatable bonds is 5. The Hall–Kier alpha value is -2.89. The minimum Gasteiger partial charge on any atom is -0.370 e. The highest BCUT2D eigenvalue weighted by molar-refractivity contribution is 5.97. The Morgan fingerprint density at radius 2 is 2.08 bits per heavy atom. The summed E-state index contributed by atoms with van der Waals surface area (Å²) in [7, 11) is 0. The lowest BCUT2D eigenvalue weighted by Crippen LogP contribution is -2.39. The molecule has 1 aliphatic rings. The predicted octanol–water partition coefficient (Wildman–Crippen LogP) is 1.51. The van der Waals surface area contributed by atoms with Crippen LogP contribution in [0.25, 0.3) is 0 Å². The van der Waals surface area contributed by atoms with Crippen molar-refractivity contribution in [2.75, 3.05) is 24.5 Å². The molecule has 1 aromatic heterocycles.